The van der Waals surface area contributed by atoms with E-state index in [0.717, 1.165) is 16.8 Å². The molecule has 2 aliphatic carbocycles. The van der Waals surface area contributed by atoms with E-state index in [0.29, 0.717) is 18.5 Å². The Morgan fingerprint density at radius 2 is 1.90 bits per heavy atom. The predicted molar refractivity (Wildman–Crippen MR) is 96.7 cm³/mol. The molecule has 1 atom stereocenters. The number of alkyl halides is 3. The van der Waals surface area contributed by atoms with Crippen LogP contribution in [-0.2, 0) is 20.7 Å². The van der Waals surface area contributed by atoms with Crippen molar-refractivity contribution < 1.29 is 30.2 Å². The average Bonchev–Trinajstić information content (AvgIpc) is 3.02. The predicted octanol–water partition coefficient (Wildman–Crippen LogP) is 4.50. The Hall–Kier alpha value is -2.62. The molecule has 0 amide bonds. The minimum absolute atomic E-state index is 0.229. The molecule has 1 aromatic heterocycles. The van der Waals surface area contributed by atoms with Crippen LogP contribution in [0.25, 0.3) is 11.8 Å². The van der Waals surface area contributed by atoms with Crippen LogP contribution in [0, 0.1) is 11.2 Å². The van der Waals surface area contributed by atoms with Crippen LogP contribution in [0.15, 0.2) is 47.9 Å². The zero-order valence-electron chi connectivity index (χ0n) is 15.2. The van der Waals surface area contributed by atoms with Crippen molar-refractivity contribution in [2.75, 3.05) is 0 Å². The number of allylic oxidation sites excluding steroid dienone is 2. The molecule has 4 rings (SSSR count). The maximum absolute atomic E-state index is 13.2. The summed E-state index contributed by atoms with van der Waals surface area (Å²) >= 11 is 0. The summed E-state index contributed by atoms with van der Waals surface area (Å²) in [5, 5.41) is 4.32. The third kappa shape index (κ3) is 3.25. The largest absolute Gasteiger partial charge is 0.534 e. The van der Waals surface area contributed by atoms with E-state index in [4.69, 9.17) is 0 Å². The molecule has 0 bridgehead atoms. The molecule has 10 heteroatoms. The fourth-order valence-corrected chi connectivity index (χ4v) is 4.34. The Balaban J connectivity index is 1.73. The number of aromatic nitrogens is 2. The van der Waals surface area contributed by atoms with Crippen molar-refractivity contribution in [3.8, 4) is 5.69 Å². The number of fused-ring (bicyclic) bond motifs is 2. The monoisotopic (exact) mass is 428 g/mol. The third-order valence-corrected chi connectivity index (χ3v) is 6.26. The van der Waals surface area contributed by atoms with Gasteiger partial charge in [0.2, 0.25) is 0 Å². The summed E-state index contributed by atoms with van der Waals surface area (Å²) in [7, 11) is -5.76. The van der Waals surface area contributed by atoms with Crippen molar-refractivity contribution in [1.82, 2.24) is 9.78 Å². The summed E-state index contributed by atoms with van der Waals surface area (Å²) in [6.45, 7) is 1.66. The standard InChI is InChI=1S/C19H16F4N2O3S/c1-18-10-12-11-24-25(15-7-5-14(20)6-8-15)16(12)9-13(18)3-2-4-17(18)28-29(26,27)19(21,22)23/h4-9,11H,2-3,10H2,1H3/t18-/m1/s1. The Kier molecular flexibility index (Phi) is 4.38. The first-order valence-corrected chi connectivity index (χ1v) is 10.2. The molecule has 0 unspecified atom stereocenters. The molecule has 1 aromatic carbocycles. The van der Waals surface area contributed by atoms with Crippen LogP contribution in [-0.4, -0.2) is 23.7 Å². The fourth-order valence-electron chi connectivity index (χ4n) is 3.76. The highest BCUT2D eigenvalue weighted by Crippen LogP contribution is 2.50. The van der Waals surface area contributed by atoms with E-state index in [1.165, 1.54) is 18.2 Å². The molecule has 0 spiro atoms. The van der Waals surface area contributed by atoms with Gasteiger partial charge in [-0.3, -0.25) is 0 Å². The molecule has 5 nitrogen and oxygen atoms in total. The maximum atomic E-state index is 13.2. The molecule has 2 aromatic rings. The van der Waals surface area contributed by atoms with Gasteiger partial charge in [0.05, 0.1) is 23.0 Å². The molecule has 0 radical (unpaired) electrons. The summed E-state index contributed by atoms with van der Waals surface area (Å²) in [5.74, 6) is -0.613. The summed E-state index contributed by atoms with van der Waals surface area (Å²) in [5.41, 5.74) is -3.69. The van der Waals surface area contributed by atoms with Crippen LogP contribution in [0.3, 0.4) is 0 Å². The first-order chi connectivity index (χ1) is 13.5. The van der Waals surface area contributed by atoms with E-state index in [-0.39, 0.29) is 18.0 Å². The molecule has 0 fully saturated rings. The number of benzene rings is 1. The lowest BCUT2D eigenvalue weighted by molar-refractivity contribution is -0.0531. The van der Waals surface area contributed by atoms with Crippen molar-refractivity contribution in [2.24, 2.45) is 5.41 Å². The van der Waals surface area contributed by atoms with Crippen molar-refractivity contribution in [3.63, 3.8) is 0 Å². The quantitative estimate of drug-likeness (QED) is 0.410. The van der Waals surface area contributed by atoms with Gasteiger partial charge >= 0.3 is 15.6 Å². The maximum Gasteiger partial charge on any atom is 0.534 e. The minimum atomic E-state index is -5.76. The van der Waals surface area contributed by atoms with E-state index in [1.807, 2.05) is 0 Å². The third-order valence-electron chi connectivity index (χ3n) is 5.29. The second kappa shape index (κ2) is 6.45. The molecule has 2 aliphatic rings. The lowest BCUT2D eigenvalue weighted by Crippen LogP contribution is -2.35. The molecule has 0 N–H and O–H groups in total. The van der Waals surface area contributed by atoms with Gasteiger partial charge in [-0.1, -0.05) is 5.57 Å². The van der Waals surface area contributed by atoms with Gasteiger partial charge in [0, 0.05) is 0 Å². The van der Waals surface area contributed by atoms with Gasteiger partial charge in [-0.05, 0) is 68.2 Å². The number of hydrogen-bond donors (Lipinski definition) is 0. The lowest BCUT2D eigenvalue weighted by Gasteiger charge is -2.39. The van der Waals surface area contributed by atoms with Gasteiger partial charge < -0.3 is 4.18 Å². The highest BCUT2D eigenvalue weighted by Gasteiger charge is 2.51. The van der Waals surface area contributed by atoms with Gasteiger partial charge in [-0.15, -0.1) is 0 Å². The first-order valence-electron chi connectivity index (χ1n) is 8.76. The summed E-state index contributed by atoms with van der Waals surface area (Å²) < 4.78 is 80.9. The Bertz CT molecular complexity index is 1130. The molecular formula is C19H16F4N2O3S. The lowest BCUT2D eigenvalue weighted by atomic mass is 9.68. The van der Waals surface area contributed by atoms with Crippen LogP contribution in [0.1, 0.15) is 31.0 Å². The second-order valence-corrected chi connectivity index (χ2v) is 8.75. The topological polar surface area (TPSA) is 61.2 Å². The Morgan fingerprint density at radius 1 is 1.21 bits per heavy atom. The smallest absolute Gasteiger partial charge is 0.380 e. The van der Waals surface area contributed by atoms with Crippen LogP contribution in [0.5, 0.6) is 0 Å². The Labute approximate surface area is 164 Å². The number of rotatable bonds is 3. The molecule has 0 aliphatic heterocycles. The van der Waals surface area contributed by atoms with Crippen molar-refractivity contribution in [1.29, 1.82) is 0 Å². The first kappa shape index (κ1) is 19.7. The fraction of sp³-hybridized carbons (Fsp3) is 0.316. The molecule has 1 heterocycles. The van der Waals surface area contributed by atoms with Crippen molar-refractivity contribution in [3.05, 3.63) is 64.9 Å². The van der Waals surface area contributed by atoms with Gasteiger partial charge in [0.1, 0.15) is 11.6 Å². The minimum Gasteiger partial charge on any atom is -0.380 e. The zero-order chi connectivity index (χ0) is 21.0. The molecule has 0 saturated carbocycles. The van der Waals surface area contributed by atoms with Crippen LogP contribution < -0.4 is 0 Å². The van der Waals surface area contributed by atoms with Gasteiger partial charge in [0.25, 0.3) is 0 Å². The normalized spacial score (nSPS) is 21.7. The summed E-state index contributed by atoms with van der Waals surface area (Å²) in [6, 6.07) is 5.75. The number of hydrogen-bond acceptors (Lipinski definition) is 4. The van der Waals surface area contributed by atoms with Crippen LogP contribution >= 0.6 is 0 Å². The second-order valence-electron chi connectivity index (χ2n) is 7.21. The molecular weight excluding hydrogens is 412 g/mol. The van der Waals surface area contributed by atoms with E-state index in [2.05, 4.69) is 9.28 Å². The van der Waals surface area contributed by atoms with E-state index in [9.17, 15) is 26.0 Å². The highest BCUT2D eigenvalue weighted by atomic mass is 32.2. The zero-order valence-corrected chi connectivity index (χ0v) is 16.0. The molecule has 0 saturated heterocycles. The van der Waals surface area contributed by atoms with Gasteiger partial charge in [-0.25, -0.2) is 9.07 Å². The van der Waals surface area contributed by atoms with E-state index >= 15 is 0 Å². The Morgan fingerprint density at radius 3 is 2.55 bits per heavy atom. The molecule has 29 heavy (non-hydrogen) atoms. The number of halogens is 4. The van der Waals surface area contributed by atoms with Crippen molar-refractivity contribution in [2.45, 2.75) is 31.7 Å². The van der Waals surface area contributed by atoms with Gasteiger partial charge in [-0.2, -0.15) is 26.7 Å². The van der Waals surface area contributed by atoms with Crippen LogP contribution in [0.4, 0.5) is 17.6 Å². The van der Waals surface area contributed by atoms with E-state index in [1.54, 1.807) is 36.0 Å². The van der Waals surface area contributed by atoms with Crippen molar-refractivity contribution >= 4 is 16.2 Å². The summed E-state index contributed by atoms with van der Waals surface area (Å²) in [4.78, 5) is 0. The average molecular weight is 428 g/mol. The SMILES string of the molecule is C[C@@]12Cc3cnn(-c4ccc(F)cc4)c3C=C1CCC=C2OS(=O)(=O)C(F)(F)F. The highest BCUT2D eigenvalue weighted by molar-refractivity contribution is 7.87. The summed E-state index contributed by atoms with van der Waals surface area (Å²) in [6.07, 6.45) is 5.89. The number of nitrogens with zero attached hydrogens (tertiary/aromatic N) is 2. The van der Waals surface area contributed by atoms with Gasteiger partial charge in [0.15, 0.2) is 0 Å². The molecule has 154 valence electrons. The van der Waals surface area contributed by atoms with Crippen LogP contribution in [0.2, 0.25) is 0 Å². The van der Waals surface area contributed by atoms with E-state index < -0.39 is 21.0 Å².